The van der Waals surface area contributed by atoms with Crippen molar-refractivity contribution in [1.29, 1.82) is 0 Å². The molecule has 1 aliphatic rings. The Balaban J connectivity index is 1.99. The van der Waals surface area contributed by atoms with Crippen molar-refractivity contribution < 1.29 is 14.3 Å². The van der Waals surface area contributed by atoms with E-state index in [9.17, 15) is 9.59 Å². The van der Waals surface area contributed by atoms with E-state index in [0.29, 0.717) is 17.6 Å². The van der Waals surface area contributed by atoms with Gasteiger partial charge in [0, 0.05) is 6.04 Å². The smallest absolute Gasteiger partial charge is 0.416 e. The first-order chi connectivity index (χ1) is 9.00. The van der Waals surface area contributed by atoms with Crippen molar-refractivity contribution in [2.75, 3.05) is 24.6 Å². The number of imide groups is 1. The number of amides is 2. The maximum absolute atomic E-state index is 11.8. The molecular formula is C10H15N5O3S. The number of ether oxygens (including phenoxy) is 1. The molecule has 0 aliphatic carbocycles. The molecule has 2 rings (SSSR count). The van der Waals surface area contributed by atoms with Gasteiger partial charge < -0.3 is 10.5 Å². The summed E-state index contributed by atoms with van der Waals surface area (Å²) < 4.78 is 6.44. The molecule has 0 aromatic carbocycles. The lowest BCUT2D eigenvalue weighted by molar-refractivity contribution is -0.125. The van der Waals surface area contributed by atoms with Crippen LogP contribution in [0, 0.1) is 0 Å². The number of nitrogen functional groups attached to an aromatic ring is 1. The fourth-order valence-corrected chi connectivity index (χ4v) is 2.65. The summed E-state index contributed by atoms with van der Waals surface area (Å²) in [6.45, 7) is 4.45. The number of carbonyl (C=O) groups excluding carboxylic acids is 2. The average Bonchev–Trinajstić information content (AvgIpc) is 2.92. The number of nitrogens with two attached hydrogens (primary N) is 1. The van der Waals surface area contributed by atoms with Crippen LogP contribution in [0.2, 0.25) is 0 Å². The van der Waals surface area contributed by atoms with Gasteiger partial charge in [-0.15, -0.1) is 10.2 Å². The third-order valence-electron chi connectivity index (χ3n) is 2.59. The van der Waals surface area contributed by atoms with Gasteiger partial charge in [0.05, 0.1) is 12.3 Å². The van der Waals surface area contributed by atoms with Crippen LogP contribution >= 0.6 is 11.8 Å². The minimum atomic E-state index is -0.588. The number of thioether (sulfide) groups is 1. The number of anilines is 1. The zero-order chi connectivity index (χ0) is 14.0. The highest BCUT2D eigenvalue weighted by molar-refractivity contribution is 7.99. The van der Waals surface area contributed by atoms with Crippen LogP contribution in [0.4, 0.5) is 10.7 Å². The summed E-state index contributed by atoms with van der Waals surface area (Å²) in [5.41, 5.74) is 5.70. The quantitative estimate of drug-likeness (QED) is 0.804. The molecule has 2 amide bonds. The third kappa shape index (κ3) is 2.80. The predicted octanol–water partition coefficient (Wildman–Crippen LogP) is 0.512. The Morgan fingerprint density at radius 1 is 1.53 bits per heavy atom. The van der Waals surface area contributed by atoms with Crippen LogP contribution in [0.25, 0.3) is 0 Å². The van der Waals surface area contributed by atoms with Gasteiger partial charge in [0.25, 0.3) is 0 Å². The van der Waals surface area contributed by atoms with Crippen molar-refractivity contribution >= 4 is 29.7 Å². The molecule has 19 heavy (non-hydrogen) atoms. The average molecular weight is 285 g/mol. The molecule has 2 heterocycles. The number of rotatable bonds is 4. The summed E-state index contributed by atoms with van der Waals surface area (Å²) in [5, 5.41) is 8.26. The summed E-state index contributed by atoms with van der Waals surface area (Å²) in [6, 6.07) is 0.101. The first-order valence-corrected chi connectivity index (χ1v) is 6.79. The molecule has 9 heteroatoms. The van der Waals surface area contributed by atoms with Crippen LogP contribution in [-0.2, 0) is 9.53 Å². The van der Waals surface area contributed by atoms with Gasteiger partial charge in [-0.2, -0.15) is 0 Å². The number of carbonyl (C=O) groups is 2. The third-order valence-corrected chi connectivity index (χ3v) is 3.52. The zero-order valence-corrected chi connectivity index (χ0v) is 11.5. The maximum atomic E-state index is 11.8. The van der Waals surface area contributed by atoms with Gasteiger partial charge in [-0.05, 0) is 13.8 Å². The molecule has 1 aliphatic heterocycles. The van der Waals surface area contributed by atoms with Gasteiger partial charge in [0.15, 0.2) is 5.16 Å². The molecule has 0 atom stereocenters. The minimum absolute atomic E-state index is 0.0972. The molecule has 0 spiro atoms. The molecule has 1 saturated heterocycles. The predicted molar refractivity (Wildman–Crippen MR) is 68.6 cm³/mol. The Bertz CT molecular complexity index is 501. The van der Waals surface area contributed by atoms with Crippen LogP contribution in [0.1, 0.15) is 19.9 Å². The molecule has 0 bridgehead atoms. The summed E-state index contributed by atoms with van der Waals surface area (Å²) >= 11 is 1.20. The normalized spacial score (nSPS) is 15.1. The van der Waals surface area contributed by atoms with Crippen LogP contribution < -0.4 is 5.73 Å². The maximum Gasteiger partial charge on any atom is 0.416 e. The zero-order valence-electron chi connectivity index (χ0n) is 10.7. The SMILES string of the molecule is CC(C)n1c(N)nnc1SCC(=O)N1CCOC1=O. The van der Waals surface area contributed by atoms with Crippen molar-refractivity contribution in [2.45, 2.75) is 25.0 Å². The highest BCUT2D eigenvalue weighted by Crippen LogP contribution is 2.23. The van der Waals surface area contributed by atoms with Crippen LogP contribution in [0.3, 0.4) is 0 Å². The summed E-state index contributed by atoms with van der Waals surface area (Å²) in [6.07, 6.45) is -0.588. The van der Waals surface area contributed by atoms with Crippen molar-refractivity contribution in [1.82, 2.24) is 19.7 Å². The molecule has 0 radical (unpaired) electrons. The lowest BCUT2D eigenvalue weighted by atomic mass is 10.4. The van der Waals surface area contributed by atoms with Crippen molar-refractivity contribution in [3.8, 4) is 0 Å². The molecule has 8 nitrogen and oxygen atoms in total. The van der Waals surface area contributed by atoms with Crippen LogP contribution in [0.5, 0.6) is 0 Å². The first kappa shape index (κ1) is 13.7. The molecular weight excluding hydrogens is 270 g/mol. The second-order valence-corrected chi connectivity index (χ2v) is 5.20. The lowest BCUT2D eigenvalue weighted by Gasteiger charge is -2.12. The number of cyclic esters (lactones) is 1. The largest absolute Gasteiger partial charge is 0.447 e. The van der Waals surface area contributed by atoms with E-state index in [1.165, 1.54) is 11.8 Å². The van der Waals surface area contributed by atoms with E-state index in [1.807, 2.05) is 13.8 Å². The van der Waals surface area contributed by atoms with E-state index in [0.717, 1.165) is 4.90 Å². The summed E-state index contributed by atoms with van der Waals surface area (Å²) in [7, 11) is 0. The van der Waals surface area contributed by atoms with Gasteiger partial charge in [-0.3, -0.25) is 9.36 Å². The minimum Gasteiger partial charge on any atom is -0.447 e. The van der Waals surface area contributed by atoms with E-state index in [-0.39, 0.29) is 24.3 Å². The molecule has 2 N–H and O–H groups in total. The fraction of sp³-hybridized carbons (Fsp3) is 0.600. The van der Waals surface area contributed by atoms with Gasteiger partial charge in [-0.1, -0.05) is 11.8 Å². The second-order valence-electron chi connectivity index (χ2n) is 4.25. The Morgan fingerprint density at radius 2 is 2.26 bits per heavy atom. The number of aromatic nitrogens is 3. The lowest BCUT2D eigenvalue weighted by Crippen LogP contribution is -2.33. The molecule has 0 unspecified atom stereocenters. The van der Waals surface area contributed by atoms with Gasteiger partial charge >= 0.3 is 6.09 Å². The van der Waals surface area contributed by atoms with E-state index < -0.39 is 6.09 Å². The van der Waals surface area contributed by atoms with Crippen LogP contribution in [-0.4, -0.2) is 50.6 Å². The monoisotopic (exact) mass is 285 g/mol. The van der Waals surface area contributed by atoms with E-state index in [4.69, 9.17) is 10.5 Å². The topological polar surface area (TPSA) is 103 Å². The summed E-state index contributed by atoms with van der Waals surface area (Å²) in [4.78, 5) is 24.1. The molecule has 1 aromatic rings. The van der Waals surface area contributed by atoms with E-state index >= 15 is 0 Å². The molecule has 1 fully saturated rings. The number of hydrogen-bond acceptors (Lipinski definition) is 7. The highest BCUT2D eigenvalue weighted by Gasteiger charge is 2.28. The van der Waals surface area contributed by atoms with Crippen molar-refractivity contribution in [2.24, 2.45) is 0 Å². The first-order valence-electron chi connectivity index (χ1n) is 5.81. The summed E-state index contributed by atoms with van der Waals surface area (Å²) in [5.74, 6) is 0.106. The van der Waals surface area contributed by atoms with Gasteiger partial charge in [0.2, 0.25) is 11.9 Å². The Kier molecular flexibility index (Phi) is 3.93. The van der Waals surface area contributed by atoms with Crippen LogP contribution in [0.15, 0.2) is 5.16 Å². The molecule has 0 saturated carbocycles. The fourth-order valence-electron chi connectivity index (χ4n) is 1.70. The van der Waals surface area contributed by atoms with Crippen molar-refractivity contribution in [3.63, 3.8) is 0 Å². The Hall–Kier alpha value is -1.77. The molecule has 1 aromatic heterocycles. The Morgan fingerprint density at radius 3 is 2.84 bits per heavy atom. The highest BCUT2D eigenvalue weighted by atomic mass is 32.2. The van der Waals surface area contributed by atoms with E-state index in [1.54, 1.807) is 4.57 Å². The van der Waals surface area contributed by atoms with Gasteiger partial charge in [-0.25, -0.2) is 9.69 Å². The number of nitrogens with zero attached hydrogens (tertiary/aromatic N) is 4. The standard InChI is InChI=1S/C10H15N5O3S/c1-6(2)15-8(11)12-13-9(15)19-5-7(16)14-3-4-18-10(14)17/h6H,3-5H2,1-2H3,(H2,11,12). The second kappa shape index (κ2) is 5.47. The van der Waals surface area contributed by atoms with E-state index in [2.05, 4.69) is 10.2 Å². The molecule has 104 valence electrons. The number of hydrogen-bond donors (Lipinski definition) is 1. The van der Waals surface area contributed by atoms with Crippen molar-refractivity contribution in [3.05, 3.63) is 0 Å². The Labute approximate surface area is 114 Å². The van der Waals surface area contributed by atoms with Gasteiger partial charge in [0.1, 0.15) is 6.61 Å².